The zero-order valence-electron chi connectivity index (χ0n) is 13.6. The second-order valence-corrected chi connectivity index (χ2v) is 6.12. The van der Waals surface area contributed by atoms with Crippen LogP contribution in [0.4, 0.5) is 0 Å². The van der Waals surface area contributed by atoms with E-state index in [1.165, 1.54) is 0 Å². The number of hydrazine groups is 2. The van der Waals surface area contributed by atoms with Crippen molar-refractivity contribution >= 4 is 5.91 Å². The highest BCUT2D eigenvalue weighted by Crippen LogP contribution is 2.19. The molecule has 0 aliphatic carbocycles. The van der Waals surface area contributed by atoms with E-state index in [0.717, 1.165) is 5.56 Å². The summed E-state index contributed by atoms with van der Waals surface area (Å²) in [6.07, 6.45) is 0.452. The first-order valence-corrected chi connectivity index (χ1v) is 8.18. The number of nitrogens with one attached hydrogen (secondary N) is 4. The van der Waals surface area contributed by atoms with Crippen LogP contribution in [-0.2, 0) is 16.1 Å². The van der Waals surface area contributed by atoms with Gasteiger partial charge in [0.05, 0.1) is 19.3 Å². The second-order valence-electron chi connectivity index (χ2n) is 6.12. The Kier molecular flexibility index (Phi) is 5.64. The minimum atomic E-state index is -0.336. The summed E-state index contributed by atoms with van der Waals surface area (Å²) in [4.78, 5) is 12.4. The van der Waals surface area contributed by atoms with Crippen LogP contribution in [0.25, 0.3) is 0 Å². The largest absolute Gasteiger partial charge is 0.486 e. The fourth-order valence-electron chi connectivity index (χ4n) is 2.85. The van der Waals surface area contributed by atoms with Crippen molar-refractivity contribution in [3.8, 4) is 5.75 Å². The van der Waals surface area contributed by atoms with Crippen LogP contribution in [0.2, 0.25) is 0 Å². The van der Waals surface area contributed by atoms with Gasteiger partial charge in [-0.2, -0.15) is 5.53 Å². The number of benzene rings is 1. The molecule has 2 unspecified atom stereocenters. The maximum absolute atomic E-state index is 12.4. The number of carbonyl (C=O) groups excluding carboxylic acids is 1. The summed E-state index contributed by atoms with van der Waals surface area (Å²) in [7, 11) is 0. The first kappa shape index (κ1) is 17.1. The normalized spacial score (nSPS) is 30.1. The van der Waals surface area contributed by atoms with Crippen LogP contribution in [-0.4, -0.2) is 48.5 Å². The van der Waals surface area contributed by atoms with Crippen LogP contribution in [0, 0.1) is 0 Å². The van der Waals surface area contributed by atoms with Crippen molar-refractivity contribution in [1.29, 1.82) is 0 Å². The molecule has 1 amide bonds. The molecule has 8 heteroatoms. The fraction of sp³-hybridized carbons (Fsp3) is 0.562. The molecule has 2 fully saturated rings. The first-order chi connectivity index (χ1) is 11.7. The van der Waals surface area contributed by atoms with Gasteiger partial charge in [0.2, 0.25) is 5.91 Å². The van der Waals surface area contributed by atoms with E-state index in [-0.39, 0.29) is 36.7 Å². The van der Waals surface area contributed by atoms with Gasteiger partial charge in [-0.15, -0.1) is 0 Å². The van der Waals surface area contributed by atoms with E-state index in [2.05, 4.69) is 21.7 Å². The maximum atomic E-state index is 12.4. The fourth-order valence-corrected chi connectivity index (χ4v) is 2.85. The van der Waals surface area contributed by atoms with Crippen LogP contribution >= 0.6 is 0 Å². The predicted molar refractivity (Wildman–Crippen MR) is 86.8 cm³/mol. The highest BCUT2D eigenvalue weighted by atomic mass is 16.5. The quantitative estimate of drug-likeness (QED) is 0.480. The molecule has 5 N–H and O–H groups in total. The SMILES string of the molecule is CC1NNNC1C(=O)N[C@@H]1CCOC[C@H]1Oc1ccc(CO)cc1. The molecule has 24 heavy (non-hydrogen) atoms. The Morgan fingerprint density at radius 1 is 1.38 bits per heavy atom. The molecule has 1 aromatic carbocycles. The number of amides is 1. The van der Waals surface area contributed by atoms with E-state index < -0.39 is 0 Å². The van der Waals surface area contributed by atoms with Gasteiger partial charge in [-0.3, -0.25) is 4.79 Å². The van der Waals surface area contributed by atoms with E-state index in [9.17, 15) is 4.79 Å². The summed E-state index contributed by atoms with van der Waals surface area (Å²) in [5, 5.41) is 12.1. The van der Waals surface area contributed by atoms with Gasteiger partial charge >= 0.3 is 0 Å². The molecule has 2 saturated heterocycles. The van der Waals surface area contributed by atoms with Gasteiger partial charge in [-0.25, -0.2) is 10.9 Å². The molecule has 0 radical (unpaired) electrons. The van der Waals surface area contributed by atoms with Gasteiger partial charge in [-0.1, -0.05) is 12.1 Å². The number of hydrogen-bond acceptors (Lipinski definition) is 7. The molecule has 0 aromatic heterocycles. The number of aliphatic hydroxyl groups is 1. The lowest BCUT2D eigenvalue weighted by Gasteiger charge is -2.33. The minimum Gasteiger partial charge on any atom is -0.486 e. The third-order valence-corrected chi connectivity index (χ3v) is 4.34. The second kappa shape index (κ2) is 7.91. The van der Waals surface area contributed by atoms with E-state index in [4.69, 9.17) is 14.6 Å². The lowest BCUT2D eigenvalue weighted by atomic mass is 10.0. The molecule has 4 atom stereocenters. The smallest absolute Gasteiger partial charge is 0.240 e. The lowest BCUT2D eigenvalue weighted by Crippen LogP contribution is -2.56. The molecule has 1 aromatic rings. The summed E-state index contributed by atoms with van der Waals surface area (Å²) < 4.78 is 11.5. The van der Waals surface area contributed by atoms with E-state index >= 15 is 0 Å². The lowest BCUT2D eigenvalue weighted by molar-refractivity contribution is -0.126. The summed E-state index contributed by atoms with van der Waals surface area (Å²) in [5.74, 6) is 0.619. The van der Waals surface area contributed by atoms with Crippen molar-refractivity contribution in [2.24, 2.45) is 0 Å². The molecular formula is C16H24N4O4. The van der Waals surface area contributed by atoms with Crippen molar-refractivity contribution in [1.82, 2.24) is 21.7 Å². The van der Waals surface area contributed by atoms with Crippen molar-refractivity contribution in [3.63, 3.8) is 0 Å². The Morgan fingerprint density at radius 2 is 2.17 bits per heavy atom. The maximum Gasteiger partial charge on any atom is 0.240 e. The molecule has 2 heterocycles. The summed E-state index contributed by atoms with van der Waals surface area (Å²) >= 11 is 0. The average Bonchev–Trinajstić information content (AvgIpc) is 3.03. The number of aliphatic hydroxyl groups excluding tert-OH is 1. The number of ether oxygens (including phenoxy) is 2. The molecule has 0 saturated carbocycles. The number of carbonyl (C=O) groups is 1. The van der Waals surface area contributed by atoms with Crippen molar-refractivity contribution in [3.05, 3.63) is 29.8 Å². The molecule has 0 spiro atoms. The van der Waals surface area contributed by atoms with Crippen LogP contribution in [0.5, 0.6) is 5.75 Å². The highest BCUT2D eigenvalue weighted by molar-refractivity contribution is 5.83. The Bertz CT molecular complexity index is 554. The number of hydrogen-bond donors (Lipinski definition) is 5. The summed E-state index contributed by atoms with van der Waals surface area (Å²) in [6.45, 7) is 2.95. The number of rotatable bonds is 5. The monoisotopic (exact) mass is 336 g/mol. The topological polar surface area (TPSA) is 104 Å². The third-order valence-electron chi connectivity index (χ3n) is 4.34. The van der Waals surface area contributed by atoms with Crippen LogP contribution < -0.4 is 26.4 Å². The molecule has 2 aliphatic rings. The van der Waals surface area contributed by atoms with Crippen molar-refractivity contribution in [2.45, 2.75) is 44.2 Å². The van der Waals surface area contributed by atoms with Gasteiger partial charge in [0.1, 0.15) is 17.9 Å². The Hall–Kier alpha value is -1.71. The average molecular weight is 336 g/mol. The summed E-state index contributed by atoms with van der Waals surface area (Å²) in [5.41, 5.74) is 9.45. The first-order valence-electron chi connectivity index (χ1n) is 8.18. The van der Waals surface area contributed by atoms with Gasteiger partial charge in [-0.05, 0) is 31.0 Å². The Morgan fingerprint density at radius 3 is 2.83 bits per heavy atom. The van der Waals surface area contributed by atoms with E-state index in [0.29, 0.717) is 25.4 Å². The third kappa shape index (κ3) is 4.03. The standard InChI is InChI=1S/C16H24N4O4/c1-10-15(19-20-18-10)16(22)17-13-6-7-23-9-14(13)24-12-4-2-11(8-21)3-5-12/h2-5,10,13-15,18-21H,6-9H2,1H3,(H,17,22)/t10?,13-,14-,15?/m1/s1. The van der Waals surface area contributed by atoms with E-state index in [1.54, 1.807) is 0 Å². The van der Waals surface area contributed by atoms with E-state index in [1.807, 2.05) is 31.2 Å². The molecular weight excluding hydrogens is 312 g/mol. The van der Waals surface area contributed by atoms with Gasteiger partial charge < -0.3 is 19.9 Å². The molecule has 3 rings (SSSR count). The van der Waals surface area contributed by atoms with Crippen LogP contribution in [0.3, 0.4) is 0 Å². The Balaban J connectivity index is 1.61. The Labute approximate surface area is 140 Å². The molecule has 132 valence electrons. The van der Waals surface area contributed by atoms with Gasteiger partial charge in [0, 0.05) is 12.6 Å². The zero-order valence-corrected chi connectivity index (χ0v) is 13.6. The van der Waals surface area contributed by atoms with Crippen LogP contribution in [0.15, 0.2) is 24.3 Å². The van der Waals surface area contributed by atoms with Crippen molar-refractivity contribution in [2.75, 3.05) is 13.2 Å². The van der Waals surface area contributed by atoms with Gasteiger partial charge in [0.15, 0.2) is 0 Å². The molecule has 8 nitrogen and oxygen atoms in total. The predicted octanol–water partition coefficient (Wildman–Crippen LogP) is -0.799. The highest BCUT2D eigenvalue weighted by Gasteiger charge is 2.34. The summed E-state index contributed by atoms with van der Waals surface area (Å²) in [6, 6.07) is 6.80. The molecule has 2 aliphatic heterocycles. The molecule has 0 bridgehead atoms. The van der Waals surface area contributed by atoms with Gasteiger partial charge in [0.25, 0.3) is 0 Å². The van der Waals surface area contributed by atoms with Crippen molar-refractivity contribution < 1.29 is 19.4 Å². The van der Waals surface area contributed by atoms with Crippen LogP contribution in [0.1, 0.15) is 18.9 Å². The zero-order chi connectivity index (χ0) is 16.9. The minimum absolute atomic E-state index is 0.000145.